The molecule has 0 saturated heterocycles. The Bertz CT molecular complexity index is 1280. The zero-order chi connectivity index (χ0) is 25.2. The minimum Gasteiger partial charge on any atom is -0.505 e. The summed E-state index contributed by atoms with van der Waals surface area (Å²) < 4.78 is 42.5. The van der Waals surface area contributed by atoms with Gasteiger partial charge in [-0.1, -0.05) is 31.2 Å². The Labute approximate surface area is 192 Å². The second kappa shape index (κ2) is 9.46. The van der Waals surface area contributed by atoms with Gasteiger partial charge in [-0.2, -0.15) is 0 Å². The average molecular weight is 477 g/mol. The van der Waals surface area contributed by atoms with Gasteiger partial charge in [0.05, 0.1) is 17.3 Å². The molecule has 0 heterocycles. The van der Waals surface area contributed by atoms with Crippen LogP contribution in [0.15, 0.2) is 52.1 Å². The summed E-state index contributed by atoms with van der Waals surface area (Å²) in [5.41, 5.74) is -1.94. The molecule has 180 valence electrons. The normalized spacial score (nSPS) is 12.3. The van der Waals surface area contributed by atoms with Crippen LogP contribution >= 0.6 is 0 Å². The maximum absolute atomic E-state index is 12.8. The molecule has 1 amide bonds. The van der Waals surface area contributed by atoms with Crippen LogP contribution in [0.25, 0.3) is 0 Å². The fraction of sp³-hybridized carbons (Fsp3) is 0.261. The number of carbonyl (C=O) groups is 1. The third-order valence-corrected chi connectivity index (χ3v) is 5.09. The number of ether oxygens (including phenoxy) is 1. The maximum atomic E-state index is 12.8. The van der Waals surface area contributed by atoms with Crippen molar-refractivity contribution in [1.29, 1.82) is 0 Å². The number of halogens is 3. The van der Waals surface area contributed by atoms with Crippen LogP contribution in [0, 0.1) is 0 Å². The van der Waals surface area contributed by atoms with Crippen LogP contribution in [-0.2, 0) is 0 Å². The number of carbonyl (C=O) groups excluding carboxylic acids is 1. The number of aromatic hydroxyl groups is 1. The van der Waals surface area contributed by atoms with E-state index in [2.05, 4.69) is 15.4 Å². The molecule has 0 radical (unpaired) electrons. The van der Waals surface area contributed by atoms with Gasteiger partial charge in [-0.05, 0) is 24.6 Å². The van der Waals surface area contributed by atoms with E-state index < -0.39 is 40.7 Å². The van der Waals surface area contributed by atoms with E-state index in [1.165, 1.54) is 55.4 Å². The summed E-state index contributed by atoms with van der Waals surface area (Å²) in [7, 11) is 3.01. The number of rotatable bonds is 8. The number of hydrogen-bond donors (Lipinski definition) is 3. The van der Waals surface area contributed by atoms with E-state index in [0.717, 1.165) is 6.07 Å². The first-order valence-corrected chi connectivity index (χ1v) is 10.2. The van der Waals surface area contributed by atoms with Gasteiger partial charge < -0.3 is 25.4 Å². The van der Waals surface area contributed by atoms with Crippen LogP contribution in [-0.4, -0.2) is 36.4 Å². The van der Waals surface area contributed by atoms with Crippen molar-refractivity contribution in [3.8, 4) is 11.5 Å². The van der Waals surface area contributed by atoms with E-state index in [-0.39, 0.29) is 34.6 Å². The molecular weight excluding hydrogens is 455 g/mol. The molecule has 34 heavy (non-hydrogen) atoms. The predicted molar refractivity (Wildman–Crippen MR) is 121 cm³/mol. The molecule has 1 unspecified atom stereocenters. The fourth-order valence-corrected chi connectivity index (χ4v) is 3.40. The van der Waals surface area contributed by atoms with Crippen LogP contribution in [0.3, 0.4) is 0 Å². The molecule has 0 saturated carbocycles. The SMILES string of the molecule is CCC(Nc1c(Nc2cccc(C(=O)N(C)C)c2O)c(=O)c1=O)c1ccccc1OC(F)(F)F. The van der Waals surface area contributed by atoms with Crippen molar-refractivity contribution in [2.24, 2.45) is 0 Å². The molecule has 3 rings (SSSR count). The third-order valence-electron chi connectivity index (χ3n) is 5.09. The third kappa shape index (κ3) is 4.98. The largest absolute Gasteiger partial charge is 0.573 e. The van der Waals surface area contributed by atoms with E-state index in [0.29, 0.717) is 0 Å². The first-order valence-electron chi connectivity index (χ1n) is 10.2. The molecule has 11 heteroatoms. The predicted octanol–water partition coefficient (Wildman–Crippen LogP) is 3.90. The molecule has 0 bridgehead atoms. The number of benzene rings is 2. The van der Waals surface area contributed by atoms with Crippen molar-refractivity contribution in [1.82, 2.24) is 4.90 Å². The smallest absolute Gasteiger partial charge is 0.505 e. The van der Waals surface area contributed by atoms with Gasteiger partial charge in [-0.25, -0.2) is 0 Å². The molecule has 0 aliphatic carbocycles. The molecule has 0 spiro atoms. The molecule has 3 aromatic carbocycles. The summed E-state index contributed by atoms with van der Waals surface area (Å²) in [4.78, 5) is 38.0. The van der Waals surface area contributed by atoms with Crippen LogP contribution in [0.5, 0.6) is 11.5 Å². The second-order valence-electron chi connectivity index (χ2n) is 7.63. The number of nitrogens with zero attached hydrogens (tertiary/aromatic N) is 1. The summed E-state index contributed by atoms with van der Waals surface area (Å²) in [6, 6.07) is 8.97. The molecule has 0 aromatic heterocycles. The first-order chi connectivity index (χ1) is 15.9. The maximum Gasteiger partial charge on any atom is 0.573 e. The van der Waals surface area contributed by atoms with Crippen molar-refractivity contribution in [3.63, 3.8) is 0 Å². The van der Waals surface area contributed by atoms with E-state index in [9.17, 15) is 32.7 Å². The Hall–Kier alpha value is -4.02. The standard InChI is InChI=1S/C23H22F3N3O5/c1-4-14(12-8-5-6-11-16(12)34-23(24,25)26)27-17-18(21(32)20(17)31)28-15-10-7-9-13(19(15)30)22(33)29(2)3/h5-11,14,27-28,30H,4H2,1-3H3. The number of phenolic OH excluding ortho intramolecular Hbond substituents is 1. The molecule has 8 nitrogen and oxygen atoms in total. The van der Waals surface area contributed by atoms with Crippen LogP contribution < -0.4 is 26.2 Å². The van der Waals surface area contributed by atoms with Crippen LogP contribution in [0.2, 0.25) is 0 Å². The topological polar surface area (TPSA) is 108 Å². The fourth-order valence-electron chi connectivity index (χ4n) is 3.40. The summed E-state index contributed by atoms with van der Waals surface area (Å²) in [6.45, 7) is 1.68. The lowest BCUT2D eigenvalue weighted by Crippen LogP contribution is -2.37. The average Bonchev–Trinajstić information content (AvgIpc) is 2.78. The van der Waals surface area contributed by atoms with Crippen molar-refractivity contribution in [2.75, 3.05) is 24.7 Å². The van der Waals surface area contributed by atoms with Gasteiger partial charge in [-0.15, -0.1) is 13.2 Å². The van der Waals surface area contributed by atoms with Crippen LogP contribution in [0.1, 0.15) is 35.3 Å². The lowest BCUT2D eigenvalue weighted by Gasteiger charge is -2.24. The summed E-state index contributed by atoms with van der Waals surface area (Å²) >= 11 is 0. The summed E-state index contributed by atoms with van der Waals surface area (Å²) in [5, 5.41) is 16.0. The highest BCUT2D eigenvalue weighted by Gasteiger charge is 2.33. The lowest BCUT2D eigenvalue weighted by molar-refractivity contribution is -0.275. The highest BCUT2D eigenvalue weighted by molar-refractivity contribution is 5.99. The minimum absolute atomic E-state index is 0.0108. The van der Waals surface area contributed by atoms with E-state index in [1.807, 2.05) is 0 Å². The lowest BCUT2D eigenvalue weighted by atomic mass is 10.0. The molecule has 0 aliphatic heterocycles. The monoisotopic (exact) mass is 477 g/mol. The van der Waals surface area contributed by atoms with Crippen molar-refractivity contribution >= 4 is 23.0 Å². The quantitative estimate of drug-likeness (QED) is 0.334. The Morgan fingerprint density at radius 1 is 1.06 bits per heavy atom. The van der Waals surface area contributed by atoms with Crippen molar-refractivity contribution in [3.05, 3.63) is 74.0 Å². The van der Waals surface area contributed by atoms with Gasteiger partial charge in [0.1, 0.15) is 17.1 Å². The number of anilines is 3. The second-order valence-corrected chi connectivity index (χ2v) is 7.63. The van der Waals surface area contributed by atoms with Gasteiger partial charge in [0.2, 0.25) is 0 Å². The summed E-state index contributed by atoms with van der Waals surface area (Å²) in [5.74, 6) is -1.33. The van der Waals surface area contributed by atoms with Gasteiger partial charge in [0, 0.05) is 19.7 Å². The van der Waals surface area contributed by atoms with E-state index in [4.69, 9.17) is 0 Å². The number of phenols is 1. The number of hydrogen-bond acceptors (Lipinski definition) is 7. The van der Waals surface area contributed by atoms with E-state index in [1.54, 1.807) is 6.92 Å². The zero-order valence-electron chi connectivity index (χ0n) is 18.5. The molecule has 3 aromatic rings. The van der Waals surface area contributed by atoms with Crippen molar-refractivity contribution < 1.29 is 27.8 Å². The van der Waals surface area contributed by atoms with Gasteiger partial charge in [0.25, 0.3) is 16.8 Å². The highest BCUT2D eigenvalue weighted by Crippen LogP contribution is 2.36. The van der Waals surface area contributed by atoms with E-state index >= 15 is 0 Å². The zero-order valence-corrected chi connectivity index (χ0v) is 18.5. The van der Waals surface area contributed by atoms with Gasteiger partial charge in [0.15, 0.2) is 5.75 Å². The molecule has 3 N–H and O–H groups in total. The number of para-hydroxylation sites is 2. The van der Waals surface area contributed by atoms with Crippen LogP contribution in [0.4, 0.5) is 30.2 Å². The Morgan fingerprint density at radius 3 is 2.32 bits per heavy atom. The summed E-state index contributed by atoms with van der Waals surface area (Å²) in [6.07, 6.45) is -4.65. The Kier molecular flexibility index (Phi) is 6.85. The Balaban J connectivity index is 1.93. The molecular formula is C23H22F3N3O5. The van der Waals surface area contributed by atoms with Gasteiger partial charge in [-0.3, -0.25) is 14.4 Å². The number of amides is 1. The molecule has 1 atom stereocenters. The Morgan fingerprint density at radius 2 is 1.71 bits per heavy atom. The van der Waals surface area contributed by atoms with Crippen molar-refractivity contribution in [2.45, 2.75) is 25.7 Å². The first kappa shape index (κ1) is 24.6. The minimum atomic E-state index is -4.91. The molecule has 0 fully saturated rings. The highest BCUT2D eigenvalue weighted by atomic mass is 19.4. The van der Waals surface area contributed by atoms with Gasteiger partial charge >= 0.3 is 6.36 Å². The number of alkyl halides is 3. The number of nitrogens with one attached hydrogen (secondary N) is 2. The molecule has 0 aliphatic rings.